The Bertz CT molecular complexity index is 1110. The van der Waals surface area contributed by atoms with Crippen LogP contribution in [0.5, 0.6) is 0 Å². The average molecular weight is 427 g/mol. The second-order valence-electron chi connectivity index (χ2n) is 7.05. The minimum Gasteiger partial charge on any atom is -0.465 e. The molecule has 10 heteroatoms. The summed E-state index contributed by atoms with van der Waals surface area (Å²) >= 11 is 1.42. The molecule has 1 aliphatic heterocycles. The van der Waals surface area contributed by atoms with E-state index < -0.39 is 0 Å². The van der Waals surface area contributed by atoms with Gasteiger partial charge in [0.15, 0.2) is 0 Å². The van der Waals surface area contributed by atoms with Gasteiger partial charge in [-0.25, -0.2) is 19.7 Å². The van der Waals surface area contributed by atoms with E-state index in [1.54, 1.807) is 29.9 Å². The Hall–Kier alpha value is -3.27. The minimum absolute atomic E-state index is 0.112. The maximum Gasteiger partial charge on any atom is 0.348 e. The molecule has 0 N–H and O–H groups in total. The lowest BCUT2D eigenvalue weighted by molar-refractivity contribution is 0.0606. The van der Waals surface area contributed by atoms with E-state index in [0.717, 1.165) is 18.1 Å². The first kappa shape index (κ1) is 20.0. The number of esters is 1. The molecular weight excluding hydrogens is 404 g/mol. The summed E-state index contributed by atoms with van der Waals surface area (Å²) < 4.78 is 6.37. The quantitative estimate of drug-likeness (QED) is 0.583. The molecule has 4 heterocycles. The van der Waals surface area contributed by atoms with Crippen molar-refractivity contribution >= 4 is 28.3 Å². The highest BCUT2D eigenvalue weighted by Gasteiger charge is 2.28. The first-order valence-corrected chi connectivity index (χ1v) is 10.3. The summed E-state index contributed by atoms with van der Waals surface area (Å²) in [6.45, 7) is 4.29. The lowest BCUT2D eigenvalue weighted by atomic mass is 10.2. The zero-order valence-electron chi connectivity index (χ0n) is 17.0. The van der Waals surface area contributed by atoms with E-state index >= 15 is 0 Å². The molecule has 156 valence electrons. The van der Waals surface area contributed by atoms with Crippen LogP contribution >= 0.6 is 11.3 Å². The summed E-state index contributed by atoms with van der Waals surface area (Å²) in [6, 6.07) is 7.08. The van der Waals surface area contributed by atoms with Crippen molar-refractivity contribution in [1.82, 2.24) is 19.5 Å². The van der Waals surface area contributed by atoms with Gasteiger partial charge in [0.2, 0.25) is 5.95 Å². The Morgan fingerprint density at radius 3 is 2.77 bits per heavy atom. The SMILES string of the molecule is COC(=O)c1ccc(N2CCN(c3nc(-c4ccncn4)cc(=O)n3C)[C@H](C)C2)s1. The second-order valence-corrected chi connectivity index (χ2v) is 8.11. The Morgan fingerprint density at radius 2 is 2.07 bits per heavy atom. The summed E-state index contributed by atoms with van der Waals surface area (Å²) in [7, 11) is 3.12. The van der Waals surface area contributed by atoms with Gasteiger partial charge in [-0.3, -0.25) is 9.36 Å². The number of aromatic nitrogens is 4. The molecule has 3 aromatic heterocycles. The smallest absolute Gasteiger partial charge is 0.348 e. The first-order valence-electron chi connectivity index (χ1n) is 9.52. The van der Waals surface area contributed by atoms with Crippen LogP contribution in [0.15, 0.2) is 41.6 Å². The highest BCUT2D eigenvalue weighted by atomic mass is 32.1. The highest BCUT2D eigenvalue weighted by molar-refractivity contribution is 7.17. The molecule has 0 aromatic carbocycles. The van der Waals surface area contributed by atoms with Crippen LogP contribution in [-0.4, -0.2) is 58.3 Å². The third-order valence-electron chi connectivity index (χ3n) is 5.13. The fraction of sp³-hybridized carbons (Fsp3) is 0.350. The van der Waals surface area contributed by atoms with Gasteiger partial charge < -0.3 is 14.5 Å². The van der Waals surface area contributed by atoms with Crippen molar-refractivity contribution in [2.45, 2.75) is 13.0 Å². The number of carbonyl (C=O) groups excluding carboxylic acids is 1. The summed E-state index contributed by atoms with van der Waals surface area (Å²) in [4.78, 5) is 42.1. The standard InChI is InChI=1S/C20H22N6O3S/c1-13-11-25(18-5-4-16(30-18)19(28)29-3)8-9-26(13)20-23-15(10-17(27)24(20)2)14-6-7-21-12-22-14/h4-7,10,12-13H,8-9,11H2,1-3H3/t13-/m1/s1. The van der Waals surface area contributed by atoms with E-state index in [4.69, 9.17) is 9.72 Å². The number of carbonyl (C=O) groups is 1. The van der Waals surface area contributed by atoms with Crippen LogP contribution in [0, 0.1) is 0 Å². The number of rotatable bonds is 4. The van der Waals surface area contributed by atoms with Crippen molar-refractivity contribution < 1.29 is 9.53 Å². The molecule has 0 radical (unpaired) electrons. The summed E-state index contributed by atoms with van der Waals surface area (Å²) in [6.07, 6.45) is 3.07. The zero-order valence-corrected chi connectivity index (χ0v) is 17.8. The number of hydrogen-bond donors (Lipinski definition) is 0. The van der Waals surface area contributed by atoms with Gasteiger partial charge in [0.05, 0.1) is 23.5 Å². The predicted octanol–water partition coefficient (Wildman–Crippen LogP) is 1.80. The third kappa shape index (κ3) is 3.78. The summed E-state index contributed by atoms with van der Waals surface area (Å²) in [5, 5.41) is 1.03. The van der Waals surface area contributed by atoms with Gasteiger partial charge in [0.1, 0.15) is 11.2 Å². The normalized spacial score (nSPS) is 16.6. The fourth-order valence-electron chi connectivity index (χ4n) is 3.52. The number of hydrogen-bond acceptors (Lipinski definition) is 9. The molecule has 30 heavy (non-hydrogen) atoms. The largest absolute Gasteiger partial charge is 0.465 e. The average Bonchev–Trinajstić information content (AvgIpc) is 3.26. The molecule has 4 rings (SSSR count). The highest BCUT2D eigenvalue weighted by Crippen LogP contribution is 2.29. The van der Waals surface area contributed by atoms with Gasteiger partial charge in [0, 0.05) is 45.0 Å². The van der Waals surface area contributed by atoms with E-state index in [2.05, 4.69) is 26.7 Å². The first-order chi connectivity index (χ1) is 14.5. The molecule has 0 saturated carbocycles. The molecule has 1 aliphatic rings. The van der Waals surface area contributed by atoms with E-state index in [9.17, 15) is 9.59 Å². The summed E-state index contributed by atoms with van der Waals surface area (Å²) in [5.74, 6) is 0.295. The van der Waals surface area contributed by atoms with Crippen molar-refractivity contribution in [3.8, 4) is 11.4 Å². The molecule has 0 unspecified atom stereocenters. The molecule has 1 fully saturated rings. The second kappa shape index (κ2) is 8.23. The van der Waals surface area contributed by atoms with Crippen LogP contribution < -0.4 is 15.4 Å². The van der Waals surface area contributed by atoms with Crippen LogP contribution in [-0.2, 0) is 11.8 Å². The van der Waals surface area contributed by atoms with Gasteiger partial charge >= 0.3 is 5.97 Å². The number of thiophene rings is 1. The molecule has 0 bridgehead atoms. The van der Waals surface area contributed by atoms with E-state index in [-0.39, 0.29) is 17.6 Å². The maximum atomic E-state index is 12.6. The molecule has 0 amide bonds. The minimum atomic E-state index is -0.321. The van der Waals surface area contributed by atoms with Gasteiger partial charge in [-0.15, -0.1) is 11.3 Å². The fourth-order valence-corrected chi connectivity index (χ4v) is 4.48. The molecule has 0 aliphatic carbocycles. The van der Waals surface area contributed by atoms with Crippen LogP contribution in [0.3, 0.4) is 0 Å². The Labute approximate surface area is 177 Å². The zero-order chi connectivity index (χ0) is 21.3. The molecule has 9 nitrogen and oxygen atoms in total. The van der Waals surface area contributed by atoms with Crippen molar-refractivity contribution in [2.24, 2.45) is 7.05 Å². The van der Waals surface area contributed by atoms with Crippen LogP contribution in [0.25, 0.3) is 11.4 Å². The van der Waals surface area contributed by atoms with Gasteiger partial charge in [-0.1, -0.05) is 0 Å². The van der Waals surface area contributed by atoms with E-state index in [1.807, 2.05) is 6.07 Å². The van der Waals surface area contributed by atoms with Crippen molar-refractivity contribution in [2.75, 3.05) is 36.5 Å². The Morgan fingerprint density at radius 1 is 1.23 bits per heavy atom. The number of piperazine rings is 1. The van der Waals surface area contributed by atoms with Crippen molar-refractivity contribution in [3.05, 3.63) is 52.0 Å². The molecular formula is C20H22N6O3S. The molecule has 1 atom stereocenters. The summed E-state index contributed by atoms with van der Waals surface area (Å²) in [5.41, 5.74) is 1.01. The Balaban J connectivity index is 1.58. The molecule has 1 saturated heterocycles. The Kier molecular flexibility index (Phi) is 5.49. The molecule has 0 spiro atoms. The van der Waals surface area contributed by atoms with Crippen LogP contribution in [0.2, 0.25) is 0 Å². The van der Waals surface area contributed by atoms with Crippen molar-refractivity contribution in [1.29, 1.82) is 0 Å². The van der Waals surface area contributed by atoms with Crippen LogP contribution in [0.4, 0.5) is 10.9 Å². The van der Waals surface area contributed by atoms with Gasteiger partial charge in [0.25, 0.3) is 5.56 Å². The van der Waals surface area contributed by atoms with Crippen molar-refractivity contribution in [3.63, 3.8) is 0 Å². The van der Waals surface area contributed by atoms with Crippen LogP contribution in [0.1, 0.15) is 16.6 Å². The lowest BCUT2D eigenvalue weighted by Gasteiger charge is -2.41. The van der Waals surface area contributed by atoms with E-state index in [0.29, 0.717) is 28.8 Å². The number of nitrogens with zero attached hydrogens (tertiary/aromatic N) is 6. The molecule has 3 aromatic rings. The van der Waals surface area contributed by atoms with E-state index in [1.165, 1.54) is 30.8 Å². The number of anilines is 2. The lowest BCUT2D eigenvalue weighted by Crippen LogP contribution is -2.53. The predicted molar refractivity (Wildman–Crippen MR) is 115 cm³/mol. The monoisotopic (exact) mass is 426 g/mol. The topological polar surface area (TPSA) is 93.5 Å². The van der Waals surface area contributed by atoms with Gasteiger partial charge in [-0.2, -0.15) is 0 Å². The van der Waals surface area contributed by atoms with Gasteiger partial charge in [-0.05, 0) is 25.1 Å². The number of methoxy groups -OCH3 is 1. The number of ether oxygens (including phenoxy) is 1. The maximum absolute atomic E-state index is 12.6. The third-order valence-corrected chi connectivity index (χ3v) is 6.26.